The normalized spacial score (nSPS) is 10.3. The second-order valence-electron chi connectivity index (χ2n) is 4.27. The summed E-state index contributed by atoms with van der Waals surface area (Å²) in [7, 11) is 3.72. The first kappa shape index (κ1) is 13.4. The van der Waals surface area contributed by atoms with Gasteiger partial charge < -0.3 is 10.2 Å². The van der Waals surface area contributed by atoms with E-state index in [9.17, 15) is 4.79 Å². The molecule has 1 N–H and O–H groups in total. The maximum absolute atomic E-state index is 12.1. The van der Waals surface area contributed by atoms with E-state index in [0.29, 0.717) is 16.5 Å². The molecule has 7 heteroatoms. The van der Waals surface area contributed by atoms with E-state index >= 15 is 0 Å². The minimum atomic E-state index is -0.177. The molecule has 0 unspecified atom stereocenters. The Balaban J connectivity index is 2.13. The Morgan fingerprint density at radius 3 is 2.37 bits per heavy atom. The molecular weight excluding hydrogens is 262 g/mol. The van der Waals surface area contributed by atoms with Gasteiger partial charge in [-0.15, -0.1) is 11.3 Å². The molecule has 100 valence electrons. The number of hydrogen-bond acceptors (Lipinski definition) is 6. The Morgan fingerprint density at radius 1 is 1.26 bits per heavy atom. The van der Waals surface area contributed by atoms with Gasteiger partial charge in [-0.25, -0.2) is 15.0 Å². The molecule has 0 aliphatic rings. The smallest absolute Gasteiger partial charge is 0.267 e. The van der Waals surface area contributed by atoms with Crippen LogP contribution in [0.1, 0.15) is 20.4 Å². The number of anilines is 2. The van der Waals surface area contributed by atoms with Gasteiger partial charge in [-0.3, -0.25) is 4.79 Å². The first-order chi connectivity index (χ1) is 8.97. The maximum Gasteiger partial charge on any atom is 0.267 e. The van der Waals surface area contributed by atoms with Crippen LogP contribution >= 0.6 is 11.3 Å². The molecule has 1 amide bonds. The molecule has 6 nitrogen and oxygen atoms in total. The molecule has 0 aliphatic heterocycles. The number of aryl methyl sites for hydroxylation is 2. The lowest BCUT2D eigenvalue weighted by Crippen LogP contribution is -2.15. The van der Waals surface area contributed by atoms with Crippen molar-refractivity contribution in [3.8, 4) is 0 Å². The molecule has 0 fully saturated rings. The number of rotatable bonds is 3. The number of thiazole rings is 1. The van der Waals surface area contributed by atoms with Crippen LogP contribution in [0.2, 0.25) is 0 Å². The maximum atomic E-state index is 12.1. The SMILES string of the molecule is Cc1nc(C)c(C(=O)Nc2cnc(N(C)C)nc2)s1. The van der Waals surface area contributed by atoms with Crippen LogP contribution < -0.4 is 10.2 Å². The van der Waals surface area contributed by atoms with Gasteiger partial charge in [0.05, 0.1) is 28.8 Å². The summed E-state index contributed by atoms with van der Waals surface area (Å²) in [6, 6.07) is 0. The lowest BCUT2D eigenvalue weighted by molar-refractivity contribution is 0.102. The quantitative estimate of drug-likeness (QED) is 0.927. The zero-order valence-corrected chi connectivity index (χ0v) is 12.1. The molecule has 2 rings (SSSR count). The first-order valence-electron chi connectivity index (χ1n) is 5.72. The van der Waals surface area contributed by atoms with Crippen molar-refractivity contribution in [1.29, 1.82) is 0 Å². The van der Waals surface area contributed by atoms with E-state index in [2.05, 4.69) is 20.3 Å². The average molecular weight is 277 g/mol. The molecule has 19 heavy (non-hydrogen) atoms. The summed E-state index contributed by atoms with van der Waals surface area (Å²) in [4.78, 5) is 27.0. The van der Waals surface area contributed by atoms with Crippen molar-refractivity contribution in [3.63, 3.8) is 0 Å². The number of nitrogens with one attached hydrogen (secondary N) is 1. The molecule has 0 bridgehead atoms. The van der Waals surface area contributed by atoms with Crippen molar-refractivity contribution < 1.29 is 4.79 Å². The minimum absolute atomic E-state index is 0.177. The predicted molar refractivity (Wildman–Crippen MR) is 75.9 cm³/mol. The highest BCUT2D eigenvalue weighted by atomic mass is 32.1. The number of hydrogen-bond donors (Lipinski definition) is 1. The molecule has 0 saturated carbocycles. The highest BCUT2D eigenvalue weighted by molar-refractivity contribution is 7.13. The molecular formula is C12H15N5OS. The number of carbonyl (C=O) groups is 1. The number of aromatic nitrogens is 3. The van der Waals surface area contributed by atoms with Crippen molar-refractivity contribution >= 4 is 28.9 Å². The van der Waals surface area contributed by atoms with Crippen LogP contribution in [0.4, 0.5) is 11.6 Å². The standard InChI is InChI=1S/C12H15N5OS/c1-7-10(19-8(2)15-7)11(18)16-9-5-13-12(14-6-9)17(3)4/h5-6H,1-4H3,(H,16,18). The molecule has 0 spiro atoms. The fourth-order valence-electron chi connectivity index (χ4n) is 1.55. The van der Waals surface area contributed by atoms with Gasteiger partial charge in [0.25, 0.3) is 5.91 Å². The van der Waals surface area contributed by atoms with Crippen LogP contribution in [-0.4, -0.2) is 35.0 Å². The van der Waals surface area contributed by atoms with Crippen LogP contribution in [0, 0.1) is 13.8 Å². The van der Waals surface area contributed by atoms with Crippen molar-refractivity contribution in [1.82, 2.24) is 15.0 Å². The second kappa shape index (κ2) is 5.31. The van der Waals surface area contributed by atoms with Crippen molar-refractivity contribution in [2.24, 2.45) is 0 Å². The van der Waals surface area contributed by atoms with Crippen LogP contribution in [-0.2, 0) is 0 Å². The Bertz CT molecular complexity index is 591. The number of carbonyl (C=O) groups excluding carboxylic acids is 1. The Kier molecular flexibility index (Phi) is 3.75. The number of nitrogens with zero attached hydrogens (tertiary/aromatic N) is 4. The van der Waals surface area contributed by atoms with Gasteiger partial charge in [-0.1, -0.05) is 0 Å². The summed E-state index contributed by atoms with van der Waals surface area (Å²) in [5.41, 5.74) is 1.31. The van der Waals surface area contributed by atoms with Gasteiger partial charge in [0.1, 0.15) is 4.88 Å². The summed E-state index contributed by atoms with van der Waals surface area (Å²) in [6.45, 7) is 3.70. The molecule has 0 atom stereocenters. The third kappa shape index (κ3) is 3.05. The third-order valence-electron chi connectivity index (χ3n) is 2.41. The molecule has 2 aromatic rings. The lowest BCUT2D eigenvalue weighted by Gasteiger charge is -2.10. The van der Waals surface area contributed by atoms with Crippen LogP contribution in [0.3, 0.4) is 0 Å². The van der Waals surface area contributed by atoms with Gasteiger partial charge in [0.15, 0.2) is 0 Å². The van der Waals surface area contributed by atoms with E-state index in [0.717, 1.165) is 10.7 Å². The third-order valence-corrected chi connectivity index (χ3v) is 3.48. The van der Waals surface area contributed by atoms with E-state index in [1.807, 2.05) is 27.9 Å². The van der Waals surface area contributed by atoms with E-state index in [1.165, 1.54) is 11.3 Å². The summed E-state index contributed by atoms with van der Waals surface area (Å²) in [5.74, 6) is 0.423. The Hall–Kier alpha value is -2.02. The number of amides is 1. The molecule has 0 aromatic carbocycles. The lowest BCUT2D eigenvalue weighted by atomic mass is 10.3. The van der Waals surface area contributed by atoms with E-state index in [-0.39, 0.29) is 5.91 Å². The highest BCUT2D eigenvalue weighted by Gasteiger charge is 2.14. The Labute approximate surface area is 115 Å². The summed E-state index contributed by atoms with van der Waals surface area (Å²) >= 11 is 1.38. The summed E-state index contributed by atoms with van der Waals surface area (Å²) in [6.07, 6.45) is 3.17. The van der Waals surface area contributed by atoms with Crippen molar-refractivity contribution in [2.45, 2.75) is 13.8 Å². The van der Waals surface area contributed by atoms with E-state index < -0.39 is 0 Å². The molecule has 2 aromatic heterocycles. The van der Waals surface area contributed by atoms with E-state index in [4.69, 9.17) is 0 Å². The fraction of sp³-hybridized carbons (Fsp3) is 0.333. The Morgan fingerprint density at radius 2 is 1.89 bits per heavy atom. The average Bonchev–Trinajstić information content (AvgIpc) is 2.69. The molecule has 0 saturated heterocycles. The molecule has 0 radical (unpaired) electrons. The largest absolute Gasteiger partial charge is 0.347 e. The molecule has 2 heterocycles. The zero-order chi connectivity index (χ0) is 14.0. The monoisotopic (exact) mass is 277 g/mol. The van der Waals surface area contributed by atoms with Gasteiger partial charge >= 0.3 is 0 Å². The zero-order valence-electron chi connectivity index (χ0n) is 11.3. The fourth-order valence-corrected chi connectivity index (χ4v) is 2.36. The molecule has 0 aliphatic carbocycles. The minimum Gasteiger partial charge on any atom is -0.347 e. The van der Waals surface area contributed by atoms with Gasteiger partial charge in [-0.05, 0) is 13.8 Å². The second-order valence-corrected chi connectivity index (χ2v) is 5.47. The summed E-state index contributed by atoms with van der Waals surface area (Å²) < 4.78 is 0. The topological polar surface area (TPSA) is 71.0 Å². The van der Waals surface area contributed by atoms with Crippen LogP contribution in [0.5, 0.6) is 0 Å². The predicted octanol–water partition coefficient (Wildman–Crippen LogP) is 1.87. The van der Waals surface area contributed by atoms with Crippen molar-refractivity contribution in [2.75, 3.05) is 24.3 Å². The highest BCUT2D eigenvalue weighted by Crippen LogP contribution is 2.18. The van der Waals surface area contributed by atoms with Gasteiger partial charge in [-0.2, -0.15) is 0 Å². The van der Waals surface area contributed by atoms with Crippen molar-refractivity contribution in [3.05, 3.63) is 28.0 Å². The first-order valence-corrected chi connectivity index (χ1v) is 6.54. The summed E-state index contributed by atoms with van der Waals surface area (Å²) in [5, 5.41) is 3.64. The van der Waals surface area contributed by atoms with Crippen LogP contribution in [0.25, 0.3) is 0 Å². The van der Waals surface area contributed by atoms with Crippen LogP contribution in [0.15, 0.2) is 12.4 Å². The van der Waals surface area contributed by atoms with Gasteiger partial charge in [0, 0.05) is 14.1 Å². The van der Waals surface area contributed by atoms with Gasteiger partial charge in [0.2, 0.25) is 5.95 Å². The van der Waals surface area contributed by atoms with E-state index in [1.54, 1.807) is 17.3 Å².